The van der Waals surface area contributed by atoms with Crippen molar-refractivity contribution in [3.8, 4) is 5.75 Å². The highest BCUT2D eigenvalue weighted by atomic mass is 35.5. The predicted octanol–water partition coefficient (Wildman–Crippen LogP) is 5.54. The summed E-state index contributed by atoms with van der Waals surface area (Å²) in [5, 5.41) is 12.8. The fraction of sp³-hybridized carbons (Fsp3) is 0.136. The summed E-state index contributed by atoms with van der Waals surface area (Å²) in [5.41, 5.74) is 4.26. The highest BCUT2D eigenvalue weighted by Crippen LogP contribution is 2.27. The average Bonchev–Trinajstić information content (AvgIpc) is 2.67. The van der Waals surface area contributed by atoms with Crippen LogP contribution in [-0.2, 0) is 13.2 Å². The van der Waals surface area contributed by atoms with Gasteiger partial charge < -0.3 is 15.2 Å². The molecule has 0 bridgehead atoms. The van der Waals surface area contributed by atoms with E-state index in [1.807, 2.05) is 43.3 Å². The van der Waals surface area contributed by atoms with Gasteiger partial charge in [-0.2, -0.15) is 0 Å². The van der Waals surface area contributed by atoms with Crippen LogP contribution in [0.15, 0.2) is 66.7 Å². The van der Waals surface area contributed by atoms with Crippen LogP contribution in [0.25, 0.3) is 0 Å². The maximum atomic E-state index is 11.0. The second-order valence-electron chi connectivity index (χ2n) is 6.28. The van der Waals surface area contributed by atoms with Crippen molar-refractivity contribution in [3.05, 3.63) is 94.0 Å². The minimum Gasteiger partial charge on any atom is -0.487 e. The predicted molar refractivity (Wildman–Crippen MR) is 108 cm³/mol. The number of anilines is 1. The van der Waals surface area contributed by atoms with Gasteiger partial charge in [0.25, 0.3) is 0 Å². The van der Waals surface area contributed by atoms with Gasteiger partial charge in [0.05, 0.1) is 10.6 Å². The van der Waals surface area contributed by atoms with Gasteiger partial charge in [0, 0.05) is 12.2 Å². The van der Waals surface area contributed by atoms with E-state index in [4.69, 9.17) is 21.4 Å². The monoisotopic (exact) mass is 381 g/mol. The smallest absolute Gasteiger partial charge is 0.335 e. The minimum absolute atomic E-state index is 0.248. The molecule has 0 aliphatic rings. The molecule has 138 valence electrons. The Morgan fingerprint density at radius 2 is 1.78 bits per heavy atom. The molecule has 3 aromatic carbocycles. The fourth-order valence-corrected chi connectivity index (χ4v) is 2.84. The second-order valence-corrected chi connectivity index (χ2v) is 6.69. The lowest BCUT2D eigenvalue weighted by Gasteiger charge is -2.11. The molecule has 27 heavy (non-hydrogen) atoms. The zero-order valence-corrected chi connectivity index (χ0v) is 15.7. The molecular formula is C22H20ClNO3. The lowest BCUT2D eigenvalue weighted by atomic mass is 10.1. The maximum Gasteiger partial charge on any atom is 0.335 e. The van der Waals surface area contributed by atoms with Crippen LogP contribution in [0.1, 0.15) is 27.0 Å². The number of aryl methyl sites for hydroxylation is 1. The molecular weight excluding hydrogens is 362 g/mol. The van der Waals surface area contributed by atoms with Gasteiger partial charge in [0.2, 0.25) is 0 Å². The fourth-order valence-electron chi connectivity index (χ4n) is 2.58. The topological polar surface area (TPSA) is 58.6 Å². The van der Waals surface area contributed by atoms with E-state index >= 15 is 0 Å². The van der Waals surface area contributed by atoms with E-state index in [1.165, 1.54) is 5.56 Å². The molecule has 0 aliphatic carbocycles. The number of hydrogen-bond acceptors (Lipinski definition) is 3. The number of carbonyl (C=O) groups is 1. The number of carboxylic acid groups (broad SMARTS) is 1. The van der Waals surface area contributed by atoms with Gasteiger partial charge in [-0.25, -0.2) is 4.79 Å². The third-order valence-electron chi connectivity index (χ3n) is 4.12. The zero-order chi connectivity index (χ0) is 19.2. The van der Waals surface area contributed by atoms with E-state index in [0.29, 0.717) is 23.9 Å². The summed E-state index contributed by atoms with van der Waals surface area (Å²) in [6.45, 7) is 3.03. The van der Waals surface area contributed by atoms with E-state index in [-0.39, 0.29) is 5.56 Å². The van der Waals surface area contributed by atoms with E-state index in [9.17, 15) is 4.79 Å². The number of benzene rings is 3. The molecule has 0 fully saturated rings. The standard InChI is InChI=1S/C22H20ClNO3/c1-15-5-7-16(8-6-15)14-27-21-10-9-17(11-20(21)23)13-24-19-4-2-3-18(12-19)22(25)26/h2-12,24H,13-14H2,1H3,(H,25,26). The molecule has 0 heterocycles. The lowest BCUT2D eigenvalue weighted by Crippen LogP contribution is -2.02. The van der Waals surface area contributed by atoms with Crippen molar-refractivity contribution in [1.82, 2.24) is 0 Å². The molecule has 0 aromatic heterocycles. The summed E-state index contributed by atoms with van der Waals surface area (Å²) < 4.78 is 5.80. The summed E-state index contributed by atoms with van der Waals surface area (Å²) >= 11 is 6.34. The quantitative estimate of drug-likeness (QED) is 0.564. The highest BCUT2D eigenvalue weighted by Gasteiger charge is 2.06. The Morgan fingerprint density at radius 1 is 1.04 bits per heavy atom. The summed E-state index contributed by atoms with van der Waals surface area (Å²) in [6.07, 6.45) is 0. The number of hydrogen-bond donors (Lipinski definition) is 2. The van der Waals surface area contributed by atoms with Crippen LogP contribution in [0.4, 0.5) is 5.69 Å². The molecule has 2 N–H and O–H groups in total. The minimum atomic E-state index is -0.947. The first-order valence-corrected chi connectivity index (χ1v) is 8.93. The number of halogens is 1. The number of rotatable bonds is 7. The molecule has 5 heteroatoms. The number of aromatic carboxylic acids is 1. The first kappa shape index (κ1) is 18.8. The molecule has 0 amide bonds. The summed E-state index contributed by atoms with van der Waals surface area (Å²) in [4.78, 5) is 11.0. The highest BCUT2D eigenvalue weighted by molar-refractivity contribution is 6.32. The Labute approximate surface area is 163 Å². The van der Waals surface area contributed by atoms with Crippen LogP contribution < -0.4 is 10.1 Å². The van der Waals surface area contributed by atoms with Gasteiger partial charge >= 0.3 is 5.97 Å². The molecule has 0 radical (unpaired) electrons. The summed E-state index contributed by atoms with van der Waals surface area (Å²) in [7, 11) is 0. The molecule has 0 saturated carbocycles. The normalized spacial score (nSPS) is 10.4. The van der Waals surface area contributed by atoms with Crippen molar-refractivity contribution in [3.63, 3.8) is 0 Å². The third-order valence-corrected chi connectivity index (χ3v) is 4.41. The van der Waals surface area contributed by atoms with E-state index in [2.05, 4.69) is 17.4 Å². The SMILES string of the molecule is Cc1ccc(COc2ccc(CNc3cccc(C(=O)O)c3)cc2Cl)cc1. The number of ether oxygens (including phenoxy) is 1. The van der Waals surface area contributed by atoms with E-state index in [0.717, 1.165) is 16.8 Å². The van der Waals surface area contributed by atoms with Gasteiger partial charge in [-0.15, -0.1) is 0 Å². The van der Waals surface area contributed by atoms with Crippen molar-refractivity contribution >= 4 is 23.3 Å². The molecule has 4 nitrogen and oxygen atoms in total. The Bertz CT molecular complexity index is 939. The van der Waals surface area contributed by atoms with Crippen molar-refractivity contribution in [1.29, 1.82) is 0 Å². The summed E-state index contributed by atoms with van der Waals surface area (Å²) in [6, 6.07) is 20.5. The van der Waals surface area contributed by atoms with Gasteiger partial charge in [0.1, 0.15) is 12.4 Å². The van der Waals surface area contributed by atoms with Crippen molar-refractivity contribution in [2.45, 2.75) is 20.1 Å². The van der Waals surface area contributed by atoms with E-state index < -0.39 is 5.97 Å². The van der Waals surface area contributed by atoms with Crippen LogP contribution in [0.2, 0.25) is 5.02 Å². The van der Waals surface area contributed by atoms with Crippen LogP contribution >= 0.6 is 11.6 Å². The van der Waals surface area contributed by atoms with Gasteiger partial charge in [-0.05, 0) is 48.4 Å². The zero-order valence-electron chi connectivity index (χ0n) is 14.9. The maximum absolute atomic E-state index is 11.0. The molecule has 3 aromatic rings. The molecule has 0 saturated heterocycles. The molecule has 0 atom stereocenters. The first-order chi connectivity index (χ1) is 13.0. The summed E-state index contributed by atoms with van der Waals surface area (Å²) in [5.74, 6) is -0.314. The molecule has 0 aliphatic heterocycles. The first-order valence-electron chi connectivity index (χ1n) is 8.55. The van der Waals surface area contributed by atoms with E-state index in [1.54, 1.807) is 18.2 Å². The largest absolute Gasteiger partial charge is 0.487 e. The van der Waals surface area contributed by atoms with Crippen LogP contribution in [0, 0.1) is 6.92 Å². The Balaban J connectivity index is 1.60. The van der Waals surface area contributed by atoms with Crippen LogP contribution in [0.3, 0.4) is 0 Å². The van der Waals surface area contributed by atoms with Crippen LogP contribution in [-0.4, -0.2) is 11.1 Å². The van der Waals surface area contributed by atoms with Crippen LogP contribution in [0.5, 0.6) is 5.75 Å². The van der Waals surface area contributed by atoms with Gasteiger partial charge in [-0.1, -0.05) is 53.6 Å². The van der Waals surface area contributed by atoms with Crippen molar-refractivity contribution in [2.24, 2.45) is 0 Å². The second kappa shape index (κ2) is 8.60. The molecule has 0 spiro atoms. The Kier molecular flexibility index (Phi) is 5.99. The Morgan fingerprint density at radius 3 is 2.48 bits per heavy atom. The van der Waals surface area contributed by atoms with Crippen molar-refractivity contribution in [2.75, 3.05) is 5.32 Å². The van der Waals surface area contributed by atoms with Gasteiger partial charge in [0.15, 0.2) is 0 Å². The lowest BCUT2D eigenvalue weighted by molar-refractivity contribution is 0.0697. The molecule has 3 rings (SSSR count). The number of nitrogens with one attached hydrogen (secondary N) is 1. The third kappa shape index (κ3) is 5.25. The number of carboxylic acids is 1. The Hall–Kier alpha value is -2.98. The van der Waals surface area contributed by atoms with Crippen molar-refractivity contribution < 1.29 is 14.6 Å². The molecule has 0 unspecified atom stereocenters. The average molecular weight is 382 g/mol. The van der Waals surface area contributed by atoms with Gasteiger partial charge in [-0.3, -0.25) is 0 Å².